The number of aliphatic hydroxyl groups excluding tert-OH is 1. The maximum absolute atomic E-state index is 12.3. The van der Waals surface area contributed by atoms with Crippen LogP contribution in [0.5, 0.6) is 0 Å². The van der Waals surface area contributed by atoms with Crippen molar-refractivity contribution in [3.63, 3.8) is 0 Å². The number of halogens is 1. The minimum absolute atomic E-state index is 0.0813. The van der Waals surface area contributed by atoms with Crippen molar-refractivity contribution >= 4 is 29.1 Å². The molecular formula is C13H13ClN2O2S. The molecule has 19 heavy (non-hydrogen) atoms. The third-order valence-corrected chi connectivity index (χ3v) is 3.88. The largest absolute Gasteiger partial charge is 0.396 e. The minimum atomic E-state index is -0.0949. The van der Waals surface area contributed by atoms with Crippen LogP contribution in [0.25, 0.3) is 0 Å². The number of ketones is 1. The number of carbonyl (C=O) groups is 1. The van der Waals surface area contributed by atoms with Gasteiger partial charge in [-0.1, -0.05) is 23.4 Å². The van der Waals surface area contributed by atoms with Gasteiger partial charge in [0.05, 0.1) is 12.8 Å². The van der Waals surface area contributed by atoms with E-state index in [0.717, 1.165) is 0 Å². The minimum Gasteiger partial charge on any atom is -0.396 e. The maximum atomic E-state index is 12.3. The number of hydrogen-bond donors (Lipinski definition) is 1. The zero-order valence-electron chi connectivity index (χ0n) is 10.3. The van der Waals surface area contributed by atoms with Crippen LogP contribution in [-0.4, -0.2) is 32.8 Å². The summed E-state index contributed by atoms with van der Waals surface area (Å²) in [4.78, 5) is 16.5. The van der Waals surface area contributed by atoms with Gasteiger partial charge >= 0.3 is 0 Å². The van der Waals surface area contributed by atoms with Gasteiger partial charge in [-0.2, -0.15) is 0 Å². The molecule has 0 fully saturated rings. The second-order valence-electron chi connectivity index (χ2n) is 3.89. The molecule has 4 nitrogen and oxygen atoms in total. The Balaban J connectivity index is 2.24. The Bertz CT molecular complexity index is 581. The summed E-state index contributed by atoms with van der Waals surface area (Å²) in [7, 11) is 1.79. The highest BCUT2D eigenvalue weighted by atomic mass is 35.5. The summed E-state index contributed by atoms with van der Waals surface area (Å²) in [6, 6.07) is 6.76. The Kier molecular flexibility index (Phi) is 4.63. The summed E-state index contributed by atoms with van der Waals surface area (Å²) in [6.45, 7) is 0.0813. The zero-order chi connectivity index (χ0) is 13.8. The smallest absolute Gasteiger partial charge is 0.211 e. The normalized spacial score (nSPS) is 10.7. The molecule has 0 aliphatic carbocycles. The van der Waals surface area contributed by atoms with Gasteiger partial charge in [0.2, 0.25) is 5.78 Å². The Morgan fingerprint density at radius 3 is 2.74 bits per heavy atom. The molecule has 1 heterocycles. The van der Waals surface area contributed by atoms with Crippen LogP contribution in [0, 0.1) is 0 Å². The quantitative estimate of drug-likeness (QED) is 0.680. The van der Waals surface area contributed by atoms with Gasteiger partial charge in [0.25, 0.3) is 0 Å². The fraction of sp³-hybridized carbons (Fsp3) is 0.231. The highest BCUT2D eigenvalue weighted by Gasteiger charge is 2.15. The van der Waals surface area contributed by atoms with Gasteiger partial charge in [-0.3, -0.25) is 4.79 Å². The van der Waals surface area contributed by atoms with Crippen LogP contribution < -0.4 is 0 Å². The second kappa shape index (κ2) is 6.23. The Morgan fingerprint density at radius 1 is 1.42 bits per heavy atom. The van der Waals surface area contributed by atoms with Gasteiger partial charge in [-0.25, -0.2) is 4.98 Å². The van der Waals surface area contributed by atoms with Gasteiger partial charge in [0, 0.05) is 23.4 Å². The molecule has 0 amide bonds. The van der Waals surface area contributed by atoms with E-state index in [4.69, 9.17) is 16.7 Å². The maximum Gasteiger partial charge on any atom is 0.211 e. The first-order valence-electron chi connectivity index (χ1n) is 5.69. The fourth-order valence-corrected chi connectivity index (χ4v) is 2.44. The lowest BCUT2D eigenvalue weighted by molar-refractivity contribution is 0.103. The zero-order valence-corrected chi connectivity index (χ0v) is 11.9. The predicted molar refractivity (Wildman–Crippen MR) is 75.9 cm³/mol. The lowest BCUT2D eigenvalue weighted by Crippen LogP contribution is -2.08. The molecule has 0 saturated heterocycles. The number of aromatic nitrogens is 2. The molecule has 0 aliphatic heterocycles. The van der Waals surface area contributed by atoms with Gasteiger partial charge in [-0.05, 0) is 24.3 Å². The monoisotopic (exact) mass is 296 g/mol. The van der Waals surface area contributed by atoms with Crippen molar-refractivity contribution in [3.05, 3.63) is 46.7 Å². The van der Waals surface area contributed by atoms with Crippen molar-refractivity contribution in [1.29, 1.82) is 0 Å². The summed E-state index contributed by atoms with van der Waals surface area (Å²) in [5.41, 5.74) is 1.09. The van der Waals surface area contributed by atoms with E-state index in [1.54, 1.807) is 42.1 Å². The average molecular weight is 297 g/mol. The Hall–Kier alpha value is -1.30. The molecule has 1 N–H and O–H groups in total. The van der Waals surface area contributed by atoms with Crippen LogP contribution in [0.2, 0.25) is 5.02 Å². The van der Waals surface area contributed by atoms with Crippen molar-refractivity contribution in [2.75, 3.05) is 12.4 Å². The number of aliphatic hydroxyl groups is 1. The summed E-state index contributed by atoms with van der Waals surface area (Å²) in [5.74, 6) is 0.460. The van der Waals surface area contributed by atoms with Gasteiger partial charge in [0.15, 0.2) is 5.16 Å². The van der Waals surface area contributed by atoms with Crippen molar-refractivity contribution in [3.8, 4) is 0 Å². The lowest BCUT2D eigenvalue weighted by atomic mass is 10.1. The standard InChI is InChI=1S/C13H13ClN2O2S/c1-16-11(8-15-13(16)19-7-6-17)12(18)9-2-4-10(14)5-3-9/h2-5,8,17H,6-7H2,1H3. The molecule has 100 valence electrons. The number of thioether (sulfide) groups is 1. The Morgan fingerprint density at radius 2 is 2.11 bits per heavy atom. The molecular weight excluding hydrogens is 284 g/mol. The van der Waals surface area contributed by atoms with Crippen LogP contribution in [0.3, 0.4) is 0 Å². The molecule has 1 aromatic heterocycles. The molecule has 0 saturated carbocycles. The number of rotatable bonds is 5. The van der Waals surface area contributed by atoms with E-state index in [9.17, 15) is 4.79 Å². The lowest BCUT2D eigenvalue weighted by Gasteiger charge is -2.04. The van der Waals surface area contributed by atoms with Crippen LogP contribution in [-0.2, 0) is 7.05 Å². The van der Waals surface area contributed by atoms with Crippen LogP contribution in [0.4, 0.5) is 0 Å². The SMILES string of the molecule is Cn1c(C(=O)c2ccc(Cl)cc2)cnc1SCCO. The number of nitrogens with zero attached hydrogens (tertiary/aromatic N) is 2. The van der Waals surface area contributed by atoms with Crippen LogP contribution >= 0.6 is 23.4 Å². The van der Waals surface area contributed by atoms with Gasteiger partial charge in [0.1, 0.15) is 5.69 Å². The van der Waals surface area contributed by atoms with Gasteiger partial charge < -0.3 is 9.67 Å². The third-order valence-electron chi connectivity index (χ3n) is 2.61. The first kappa shape index (κ1) is 14.1. The number of carbonyl (C=O) groups excluding carboxylic acids is 1. The summed E-state index contributed by atoms with van der Waals surface area (Å²) < 4.78 is 1.73. The van der Waals surface area contributed by atoms with E-state index < -0.39 is 0 Å². The van der Waals surface area contributed by atoms with E-state index in [0.29, 0.717) is 27.2 Å². The predicted octanol–water partition coefficient (Wildman–Crippen LogP) is 2.39. The molecule has 0 unspecified atom stereocenters. The number of benzene rings is 1. The summed E-state index contributed by atoms with van der Waals surface area (Å²) >= 11 is 7.21. The molecule has 2 aromatic rings. The summed E-state index contributed by atoms with van der Waals surface area (Å²) in [5, 5.41) is 10.1. The topological polar surface area (TPSA) is 55.1 Å². The molecule has 0 aliphatic rings. The third kappa shape index (κ3) is 3.18. The first-order chi connectivity index (χ1) is 9.13. The van der Waals surface area contributed by atoms with Crippen molar-refractivity contribution in [2.24, 2.45) is 7.05 Å². The molecule has 0 spiro atoms. The van der Waals surface area contributed by atoms with E-state index >= 15 is 0 Å². The number of hydrogen-bond acceptors (Lipinski definition) is 4. The molecule has 0 atom stereocenters. The van der Waals surface area contributed by atoms with Crippen LogP contribution in [0.1, 0.15) is 16.1 Å². The van der Waals surface area contributed by atoms with Gasteiger partial charge in [-0.15, -0.1) is 0 Å². The second-order valence-corrected chi connectivity index (χ2v) is 5.39. The number of imidazole rings is 1. The van der Waals surface area contributed by atoms with Crippen molar-refractivity contribution in [2.45, 2.75) is 5.16 Å². The van der Waals surface area contributed by atoms with E-state index in [1.165, 1.54) is 11.8 Å². The molecule has 1 aromatic carbocycles. The fourth-order valence-electron chi connectivity index (χ4n) is 1.62. The van der Waals surface area contributed by atoms with E-state index in [-0.39, 0.29) is 12.4 Å². The average Bonchev–Trinajstić information content (AvgIpc) is 2.78. The highest BCUT2D eigenvalue weighted by Crippen LogP contribution is 2.19. The van der Waals surface area contributed by atoms with Crippen LogP contribution in [0.15, 0.2) is 35.6 Å². The molecule has 6 heteroatoms. The molecule has 0 bridgehead atoms. The Labute approximate surface area is 120 Å². The van der Waals surface area contributed by atoms with E-state index in [1.807, 2.05) is 0 Å². The first-order valence-corrected chi connectivity index (χ1v) is 7.05. The highest BCUT2D eigenvalue weighted by molar-refractivity contribution is 7.99. The molecule has 2 rings (SSSR count). The summed E-state index contributed by atoms with van der Waals surface area (Å²) in [6.07, 6.45) is 1.55. The van der Waals surface area contributed by atoms with E-state index in [2.05, 4.69) is 4.98 Å². The van der Waals surface area contributed by atoms with Crippen molar-refractivity contribution < 1.29 is 9.90 Å². The van der Waals surface area contributed by atoms with Crippen molar-refractivity contribution in [1.82, 2.24) is 9.55 Å². The molecule has 0 radical (unpaired) electrons.